The summed E-state index contributed by atoms with van der Waals surface area (Å²) >= 11 is 9.33. The van der Waals surface area contributed by atoms with Crippen molar-refractivity contribution >= 4 is 49.1 Å². The van der Waals surface area contributed by atoms with Crippen LogP contribution in [0.2, 0.25) is 5.02 Å². The van der Waals surface area contributed by atoms with Crippen molar-refractivity contribution in [3.05, 3.63) is 57.5 Å². The maximum Gasteiger partial charge on any atom is 0.257 e. The van der Waals surface area contributed by atoms with Crippen LogP contribution in [0.15, 0.2) is 51.8 Å². The van der Waals surface area contributed by atoms with E-state index in [1.807, 2.05) is 0 Å². The molecule has 0 aromatic heterocycles. The smallest absolute Gasteiger partial charge is 0.257 e. The molecule has 2 rings (SSSR count). The van der Waals surface area contributed by atoms with Gasteiger partial charge in [-0.2, -0.15) is 0 Å². The van der Waals surface area contributed by atoms with Crippen LogP contribution in [0.4, 0.5) is 5.69 Å². The summed E-state index contributed by atoms with van der Waals surface area (Å²) in [5.41, 5.74) is 0.766. The van der Waals surface area contributed by atoms with E-state index in [0.717, 1.165) is 4.47 Å². The molecule has 0 saturated heterocycles. The molecule has 0 aliphatic rings. The average molecular weight is 462 g/mol. The molecule has 0 saturated carbocycles. The van der Waals surface area contributed by atoms with Crippen molar-refractivity contribution < 1.29 is 17.9 Å². The lowest BCUT2D eigenvalue weighted by Gasteiger charge is -2.13. The molecule has 1 amide bonds. The third-order valence-electron chi connectivity index (χ3n) is 3.37. The van der Waals surface area contributed by atoms with Crippen LogP contribution in [0.1, 0.15) is 17.3 Å². The normalized spacial score (nSPS) is 12.6. The van der Waals surface area contributed by atoms with Crippen molar-refractivity contribution in [2.75, 3.05) is 19.0 Å². The minimum atomic E-state index is -3.66. The highest BCUT2D eigenvalue weighted by Gasteiger charge is 2.17. The first-order valence-corrected chi connectivity index (χ1v) is 10.3. The second-order valence-corrected chi connectivity index (χ2v) is 8.62. The van der Waals surface area contributed by atoms with Gasteiger partial charge < -0.3 is 10.1 Å². The lowest BCUT2D eigenvalue weighted by Crippen LogP contribution is -2.35. The Morgan fingerprint density at radius 2 is 1.88 bits per heavy atom. The van der Waals surface area contributed by atoms with E-state index in [4.69, 9.17) is 16.3 Å². The Morgan fingerprint density at radius 1 is 1.23 bits per heavy atom. The topological polar surface area (TPSA) is 84.5 Å². The van der Waals surface area contributed by atoms with Crippen LogP contribution in [-0.2, 0) is 14.8 Å². The minimum Gasteiger partial charge on any atom is -0.383 e. The number of rotatable bonds is 7. The highest BCUT2D eigenvalue weighted by atomic mass is 79.9. The van der Waals surface area contributed by atoms with Crippen molar-refractivity contribution in [2.45, 2.75) is 17.9 Å². The van der Waals surface area contributed by atoms with E-state index in [-0.39, 0.29) is 17.5 Å². The zero-order chi connectivity index (χ0) is 19.3. The highest BCUT2D eigenvalue weighted by Crippen LogP contribution is 2.22. The second-order valence-electron chi connectivity index (χ2n) is 5.58. The van der Waals surface area contributed by atoms with E-state index in [9.17, 15) is 13.2 Å². The molecule has 26 heavy (non-hydrogen) atoms. The summed E-state index contributed by atoms with van der Waals surface area (Å²) in [5.74, 6) is -0.390. The van der Waals surface area contributed by atoms with Crippen LogP contribution in [0.25, 0.3) is 0 Å². The third-order valence-corrected chi connectivity index (χ3v) is 5.80. The van der Waals surface area contributed by atoms with Crippen LogP contribution < -0.4 is 10.0 Å². The number of methoxy groups -OCH3 is 1. The van der Waals surface area contributed by atoms with Gasteiger partial charge in [-0.15, -0.1) is 0 Å². The number of halogens is 2. The fraction of sp³-hybridized carbons (Fsp3) is 0.235. The first kappa shape index (κ1) is 20.9. The number of carbonyl (C=O) groups is 1. The number of hydrogen-bond acceptors (Lipinski definition) is 4. The van der Waals surface area contributed by atoms with Gasteiger partial charge in [0.1, 0.15) is 0 Å². The van der Waals surface area contributed by atoms with E-state index in [1.54, 1.807) is 25.1 Å². The fourth-order valence-corrected chi connectivity index (χ4v) is 4.00. The Kier molecular flexibility index (Phi) is 7.19. The van der Waals surface area contributed by atoms with Gasteiger partial charge in [-0.25, -0.2) is 13.1 Å². The van der Waals surface area contributed by atoms with E-state index in [1.165, 1.54) is 31.4 Å². The van der Waals surface area contributed by atoms with Gasteiger partial charge >= 0.3 is 0 Å². The van der Waals surface area contributed by atoms with Crippen molar-refractivity contribution in [1.29, 1.82) is 0 Å². The van der Waals surface area contributed by atoms with Gasteiger partial charge in [-0.1, -0.05) is 27.5 Å². The van der Waals surface area contributed by atoms with Crippen molar-refractivity contribution in [1.82, 2.24) is 4.72 Å². The fourth-order valence-electron chi connectivity index (χ4n) is 2.20. The number of amides is 1. The van der Waals surface area contributed by atoms with Crippen molar-refractivity contribution in [3.63, 3.8) is 0 Å². The average Bonchev–Trinajstić information content (AvgIpc) is 2.57. The SMILES string of the molecule is COC[C@@H](C)NS(=O)(=O)c1ccc(NC(=O)c2cc(Br)ccc2Cl)cc1. The Balaban J connectivity index is 2.12. The van der Waals surface area contributed by atoms with Crippen molar-refractivity contribution in [3.8, 4) is 0 Å². The molecule has 9 heteroatoms. The lowest BCUT2D eigenvalue weighted by molar-refractivity contribution is 0.102. The zero-order valence-corrected chi connectivity index (χ0v) is 17.3. The maximum atomic E-state index is 12.3. The monoisotopic (exact) mass is 460 g/mol. The Morgan fingerprint density at radius 3 is 2.50 bits per heavy atom. The molecule has 0 radical (unpaired) electrons. The van der Waals surface area contributed by atoms with Gasteiger partial charge in [0.2, 0.25) is 10.0 Å². The first-order valence-electron chi connectivity index (χ1n) is 7.60. The maximum absolute atomic E-state index is 12.3. The molecule has 0 aliphatic carbocycles. The van der Waals surface area contributed by atoms with Crippen LogP contribution >= 0.6 is 27.5 Å². The summed E-state index contributed by atoms with van der Waals surface area (Å²) in [5, 5.41) is 3.01. The van der Waals surface area contributed by atoms with E-state index < -0.39 is 15.9 Å². The van der Waals surface area contributed by atoms with Gasteiger partial charge in [-0.05, 0) is 49.4 Å². The largest absolute Gasteiger partial charge is 0.383 e. The molecule has 0 fully saturated rings. The lowest BCUT2D eigenvalue weighted by atomic mass is 10.2. The van der Waals surface area contributed by atoms with E-state index >= 15 is 0 Å². The highest BCUT2D eigenvalue weighted by molar-refractivity contribution is 9.10. The molecule has 0 bridgehead atoms. The molecule has 140 valence electrons. The summed E-state index contributed by atoms with van der Waals surface area (Å²) in [6, 6.07) is 10.5. The minimum absolute atomic E-state index is 0.0962. The predicted octanol–water partition coefficient (Wildman–Crippen LogP) is 3.67. The molecule has 2 N–H and O–H groups in total. The Bertz CT molecular complexity index is 888. The summed E-state index contributed by atoms with van der Waals surface area (Å²) in [6.07, 6.45) is 0. The number of sulfonamides is 1. The number of nitrogens with one attached hydrogen (secondary N) is 2. The Labute approximate surface area is 166 Å². The first-order chi connectivity index (χ1) is 12.2. The summed E-state index contributed by atoms with van der Waals surface area (Å²) in [7, 11) is -2.16. The quantitative estimate of drug-likeness (QED) is 0.659. The third kappa shape index (κ3) is 5.52. The van der Waals surface area contributed by atoms with Crippen LogP contribution in [0.5, 0.6) is 0 Å². The summed E-state index contributed by atoms with van der Waals surface area (Å²) < 4.78 is 32.7. The van der Waals surface area contributed by atoms with Crippen LogP contribution in [-0.4, -0.2) is 34.1 Å². The number of benzene rings is 2. The molecule has 0 unspecified atom stereocenters. The molecule has 2 aromatic carbocycles. The molecule has 0 heterocycles. The molecular formula is C17H18BrClN2O4S. The predicted molar refractivity (Wildman–Crippen MR) is 105 cm³/mol. The number of hydrogen-bond donors (Lipinski definition) is 2. The molecule has 2 aromatic rings. The van der Waals surface area contributed by atoms with Gasteiger partial charge in [0.15, 0.2) is 0 Å². The second kappa shape index (κ2) is 8.96. The number of ether oxygens (including phenoxy) is 1. The number of anilines is 1. The van der Waals surface area contributed by atoms with Gasteiger partial charge in [0.05, 0.1) is 22.1 Å². The summed E-state index contributed by atoms with van der Waals surface area (Å²) in [6.45, 7) is 1.97. The molecular weight excluding hydrogens is 444 g/mol. The summed E-state index contributed by atoms with van der Waals surface area (Å²) in [4.78, 5) is 12.4. The molecule has 0 aliphatic heterocycles. The van der Waals surface area contributed by atoms with Crippen LogP contribution in [0.3, 0.4) is 0 Å². The molecule has 1 atom stereocenters. The van der Waals surface area contributed by atoms with Crippen molar-refractivity contribution in [2.24, 2.45) is 0 Å². The number of carbonyl (C=O) groups excluding carboxylic acids is 1. The van der Waals surface area contributed by atoms with Crippen LogP contribution in [0, 0.1) is 0 Å². The van der Waals surface area contributed by atoms with Gasteiger partial charge in [0.25, 0.3) is 5.91 Å². The van der Waals surface area contributed by atoms with E-state index in [0.29, 0.717) is 16.3 Å². The zero-order valence-electron chi connectivity index (χ0n) is 14.1. The molecule has 6 nitrogen and oxygen atoms in total. The van der Waals surface area contributed by atoms with Gasteiger partial charge in [-0.3, -0.25) is 4.79 Å². The van der Waals surface area contributed by atoms with E-state index in [2.05, 4.69) is 26.0 Å². The standard InChI is InChI=1S/C17H18BrClN2O4S/c1-11(10-25-2)21-26(23,24)14-6-4-13(5-7-14)20-17(22)15-9-12(18)3-8-16(15)19/h3-9,11,21H,10H2,1-2H3,(H,20,22)/t11-/m1/s1. The Hall–Kier alpha value is -1.45. The van der Waals surface area contributed by atoms with Gasteiger partial charge in [0, 0.05) is 23.3 Å². The molecule has 0 spiro atoms.